The van der Waals surface area contributed by atoms with Gasteiger partial charge < -0.3 is 5.11 Å². The molecule has 0 spiro atoms. The van der Waals surface area contributed by atoms with Gasteiger partial charge >= 0.3 is 0 Å². The number of alkyl halides is 1. The van der Waals surface area contributed by atoms with Crippen LogP contribution >= 0.6 is 0 Å². The lowest BCUT2D eigenvalue weighted by molar-refractivity contribution is -0.0577. The second kappa shape index (κ2) is 3.54. The molecule has 76 valence electrons. The van der Waals surface area contributed by atoms with Gasteiger partial charge in [0.15, 0.2) is 0 Å². The quantitative estimate of drug-likeness (QED) is 0.705. The average Bonchev–Trinajstić information content (AvgIpc) is 2.02. The van der Waals surface area contributed by atoms with Crippen molar-refractivity contribution in [2.75, 3.05) is 19.6 Å². The molecule has 0 unspecified atom stereocenters. The van der Waals surface area contributed by atoms with Crippen LogP contribution < -0.4 is 0 Å². The third kappa shape index (κ3) is 2.20. The Kier molecular flexibility index (Phi) is 2.56. The maximum absolute atomic E-state index is 12.5. The number of hydrogen-bond acceptors (Lipinski definition) is 2. The van der Waals surface area contributed by atoms with Crippen molar-refractivity contribution in [1.29, 1.82) is 0 Å². The Balaban J connectivity index is 1.78. The molecule has 2 nitrogen and oxygen atoms in total. The predicted molar refractivity (Wildman–Crippen MR) is 49.4 cm³/mol. The molecule has 0 aromatic rings. The van der Waals surface area contributed by atoms with Crippen molar-refractivity contribution in [1.82, 2.24) is 4.90 Å². The van der Waals surface area contributed by atoms with Crippen molar-refractivity contribution in [3.05, 3.63) is 0 Å². The molecule has 0 bridgehead atoms. The van der Waals surface area contributed by atoms with Gasteiger partial charge in [-0.05, 0) is 12.8 Å². The topological polar surface area (TPSA) is 23.5 Å². The Bertz CT molecular complexity index is 174. The smallest absolute Gasteiger partial charge is 0.125 e. The fourth-order valence-electron chi connectivity index (χ4n) is 2.42. The van der Waals surface area contributed by atoms with Gasteiger partial charge in [-0.25, -0.2) is 4.39 Å². The van der Waals surface area contributed by atoms with Crippen LogP contribution in [-0.2, 0) is 0 Å². The van der Waals surface area contributed by atoms with Crippen molar-refractivity contribution >= 4 is 0 Å². The van der Waals surface area contributed by atoms with E-state index in [2.05, 4.69) is 0 Å². The van der Waals surface area contributed by atoms with Crippen molar-refractivity contribution in [2.24, 2.45) is 0 Å². The molecule has 1 aliphatic heterocycles. The first-order valence-corrected chi connectivity index (χ1v) is 5.27. The summed E-state index contributed by atoms with van der Waals surface area (Å²) in [5, 5.41) is 10.1. The highest BCUT2D eigenvalue weighted by Gasteiger charge is 2.36. The van der Waals surface area contributed by atoms with E-state index >= 15 is 0 Å². The van der Waals surface area contributed by atoms with Gasteiger partial charge in [0.1, 0.15) is 6.17 Å². The van der Waals surface area contributed by atoms with Crippen LogP contribution in [0, 0.1) is 0 Å². The zero-order chi connectivity index (χ0) is 9.31. The lowest BCUT2D eigenvalue weighted by Crippen LogP contribution is -2.55. The molecule has 0 atom stereocenters. The maximum Gasteiger partial charge on any atom is 0.125 e. The van der Waals surface area contributed by atoms with Gasteiger partial charge in [0, 0.05) is 19.6 Å². The van der Waals surface area contributed by atoms with E-state index in [9.17, 15) is 9.50 Å². The van der Waals surface area contributed by atoms with Crippen molar-refractivity contribution in [2.45, 2.75) is 43.9 Å². The minimum atomic E-state index is -0.646. The third-order valence-electron chi connectivity index (χ3n) is 3.21. The molecule has 1 aliphatic carbocycles. The molecule has 2 fully saturated rings. The number of aliphatic hydroxyl groups is 1. The van der Waals surface area contributed by atoms with Gasteiger partial charge in [0.25, 0.3) is 0 Å². The lowest BCUT2D eigenvalue weighted by Gasteiger charge is -2.42. The van der Waals surface area contributed by atoms with Gasteiger partial charge in [-0.15, -0.1) is 0 Å². The van der Waals surface area contributed by atoms with Crippen LogP contribution in [0.2, 0.25) is 0 Å². The molecule has 0 aromatic carbocycles. The lowest BCUT2D eigenvalue weighted by atomic mass is 9.84. The Morgan fingerprint density at radius 1 is 1.23 bits per heavy atom. The van der Waals surface area contributed by atoms with Crippen molar-refractivity contribution < 1.29 is 9.50 Å². The van der Waals surface area contributed by atoms with E-state index in [1.165, 1.54) is 6.42 Å². The van der Waals surface area contributed by atoms with E-state index in [1.807, 2.05) is 4.90 Å². The number of halogens is 1. The van der Waals surface area contributed by atoms with E-state index in [1.54, 1.807) is 0 Å². The standard InChI is InChI=1S/C10H18FNO/c11-9-6-12(7-9)8-10(13)4-2-1-3-5-10/h9,13H,1-8H2. The van der Waals surface area contributed by atoms with Gasteiger partial charge in [-0.3, -0.25) is 4.90 Å². The molecule has 1 heterocycles. The van der Waals surface area contributed by atoms with Crippen LogP contribution in [0.4, 0.5) is 4.39 Å². The molecule has 0 amide bonds. The molecule has 1 saturated carbocycles. The summed E-state index contributed by atoms with van der Waals surface area (Å²) >= 11 is 0. The summed E-state index contributed by atoms with van der Waals surface area (Å²) < 4.78 is 12.5. The Morgan fingerprint density at radius 3 is 2.38 bits per heavy atom. The van der Waals surface area contributed by atoms with Crippen LogP contribution in [0.1, 0.15) is 32.1 Å². The average molecular weight is 187 g/mol. The highest BCUT2D eigenvalue weighted by atomic mass is 19.1. The van der Waals surface area contributed by atoms with Crippen LogP contribution in [-0.4, -0.2) is 41.4 Å². The fraction of sp³-hybridized carbons (Fsp3) is 1.00. The van der Waals surface area contributed by atoms with Crippen molar-refractivity contribution in [3.8, 4) is 0 Å². The monoisotopic (exact) mass is 187 g/mol. The molecule has 2 aliphatic rings. The highest BCUT2D eigenvalue weighted by Crippen LogP contribution is 2.30. The number of β-amino-alcohol motifs (C(OH)–C–C–N with tert-alkyl or cyclic N) is 1. The zero-order valence-corrected chi connectivity index (χ0v) is 8.01. The minimum absolute atomic E-state index is 0.502. The fourth-order valence-corrected chi connectivity index (χ4v) is 2.42. The van der Waals surface area contributed by atoms with Crippen LogP contribution in [0.25, 0.3) is 0 Å². The molecule has 0 aromatic heterocycles. The first-order chi connectivity index (χ1) is 6.18. The van der Waals surface area contributed by atoms with Gasteiger partial charge in [0.2, 0.25) is 0 Å². The van der Waals surface area contributed by atoms with E-state index in [0.717, 1.165) is 25.7 Å². The summed E-state index contributed by atoms with van der Waals surface area (Å²) in [5.74, 6) is 0. The molecule has 1 saturated heterocycles. The van der Waals surface area contributed by atoms with Gasteiger partial charge in [-0.2, -0.15) is 0 Å². The molecule has 0 radical (unpaired) electrons. The minimum Gasteiger partial charge on any atom is -0.389 e. The predicted octanol–water partition coefficient (Wildman–Crippen LogP) is 1.34. The highest BCUT2D eigenvalue weighted by molar-refractivity contribution is 4.90. The summed E-state index contributed by atoms with van der Waals surface area (Å²) in [6.07, 6.45) is 4.66. The number of hydrogen-bond donors (Lipinski definition) is 1. The van der Waals surface area contributed by atoms with Crippen molar-refractivity contribution in [3.63, 3.8) is 0 Å². The molecular formula is C10H18FNO. The van der Waals surface area contributed by atoms with Crippen LogP contribution in [0.15, 0.2) is 0 Å². The first-order valence-electron chi connectivity index (χ1n) is 5.27. The molecular weight excluding hydrogens is 169 g/mol. The second-order valence-electron chi connectivity index (χ2n) is 4.58. The summed E-state index contributed by atoms with van der Waals surface area (Å²) in [4.78, 5) is 2.02. The van der Waals surface area contributed by atoms with E-state index < -0.39 is 11.8 Å². The summed E-state index contributed by atoms with van der Waals surface area (Å²) in [6.45, 7) is 1.75. The van der Waals surface area contributed by atoms with E-state index in [0.29, 0.717) is 19.6 Å². The zero-order valence-electron chi connectivity index (χ0n) is 8.01. The first kappa shape index (κ1) is 9.41. The normalized spacial score (nSPS) is 30.0. The molecule has 3 heteroatoms. The SMILES string of the molecule is OC1(CN2CC(F)C2)CCCCC1. The summed E-state index contributed by atoms with van der Waals surface area (Å²) in [6, 6.07) is 0. The molecule has 1 N–H and O–H groups in total. The Labute approximate surface area is 78.7 Å². The van der Waals surface area contributed by atoms with Crippen LogP contribution in [0.5, 0.6) is 0 Å². The number of rotatable bonds is 2. The summed E-state index contributed by atoms with van der Waals surface area (Å²) in [5.41, 5.74) is -0.502. The largest absolute Gasteiger partial charge is 0.389 e. The van der Waals surface area contributed by atoms with Gasteiger partial charge in [-0.1, -0.05) is 19.3 Å². The Morgan fingerprint density at radius 2 is 1.85 bits per heavy atom. The number of likely N-dealkylation sites (tertiary alicyclic amines) is 1. The molecule has 2 rings (SSSR count). The molecule has 13 heavy (non-hydrogen) atoms. The van der Waals surface area contributed by atoms with E-state index in [4.69, 9.17) is 0 Å². The third-order valence-corrected chi connectivity index (χ3v) is 3.21. The maximum atomic E-state index is 12.5. The second-order valence-corrected chi connectivity index (χ2v) is 4.58. The number of nitrogens with zero attached hydrogens (tertiary/aromatic N) is 1. The summed E-state index contributed by atoms with van der Waals surface area (Å²) in [7, 11) is 0. The van der Waals surface area contributed by atoms with E-state index in [-0.39, 0.29) is 0 Å². The van der Waals surface area contributed by atoms with Gasteiger partial charge in [0.05, 0.1) is 5.60 Å². The van der Waals surface area contributed by atoms with Crippen LogP contribution in [0.3, 0.4) is 0 Å². The Hall–Kier alpha value is -0.150.